The average molecular weight is 342 g/mol. The third kappa shape index (κ3) is 3.67. The van der Waals surface area contributed by atoms with Crippen LogP contribution in [0.2, 0.25) is 0 Å². The van der Waals surface area contributed by atoms with Gasteiger partial charge in [-0.05, 0) is 12.5 Å². The van der Waals surface area contributed by atoms with Crippen molar-refractivity contribution in [3.8, 4) is 0 Å². The van der Waals surface area contributed by atoms with Crippen LogP contribution >= 0.6 is 0 Å². The van der Waals surface area contributed by atoms with Crippen molar-refractivity contribution in [1.82, 2.24) is 0 Å². The Morgan fingerprint density at radius 1 is 0.577 bits per heavy atom. The standard InChI is InChI=1S/C23H18O3/c1-16(24)17-12-14-18(15-13-17)21(22(25)19-8-4-2-5-9-19)23(26)20-10-6-3-7-11-20/h2-15,21H,1H3. The van der Waals surface area contributed by atoms with Crippen LogP contribution < -0.4 is 0 Å². The molecule has 0 fully saturated rings. The fourth-order valence-corrected chi connectivity index (χ4v) is 2.87. The molecule has 0 aromatic heterocycles. The Balaban J connectivity index is 2.05. The zero-order valence-corrected chi connectivity index (χ0v) is 14.4. The molecule has 0 atom stereocenters. The molecular weight excluding hydrogens is 324 g/mol. The zero-order chi connectivity index (χ0) is 18.5. The molecule has 3 heteroatoms. The molecule has 3 aromatic carbocycles. The third-order valence-corrected chi connectivity index (χ3v) is 4.29. The Hall–Kier alpha value is -3.33. The van der Waals surface area contributed by atoms with Crippen LogP contribution in [-0.4, -0.2) is 17.3 Å². The Morgan fingerprint density at radius 2 is 1.00 bits per heavy atom. The highest BCUT2D eigenvalue weighted by atomic mass is 16.2. The van der Waals surface area contributed by atoms with Crippen molar-refractivity contribution in [3.05, 3.63) is 107 Å². The molecule has 0 aliphatic rings. The van der Waals surface area contributed by atoms with E-state index in [9.17, 15) is 14.4 Å². The first-order valence-electron chi connectivity index (χ1n) is 8.37. The van der Waals surface area contributed by atoms with Crippen LogP contribution in [0.5, 0.6) is 0 Å². The van der Waals surface area contributed by atoms with E-state index in [1.165, 1.54) is 6.92 Å². The third-order valence-electron chi connectivity index (χ3n) is 4.29. The molecule has 0 saturated heterocycles. The molecule has 128 valence electrons. The van der Waals surface area contributed by atoms with Gasteiger partial charge in [0.1, 0.15) is 5.92 Å². The van der Waals surface area contributed by atoms with Crippen molar-refractivity contribution in [2.24, 2.45) is 0 Å². The van der Waals surface area contributed by atoms with Gasteiger partial charge in [0.15, 0.2) is 17.3 Å². The highest BCUT2D eigenvalue weighted by molar-refractivity contribution is 6.20. The van der Waals surface area contributed by atoms with Gasteiger partial charge in [0, 0.05) is 16.7 Å². The lowest BCUT2D eigenvalue weighted by atomic mass is 9.84. The maximum absolute atomic E-state index is 13.1. The van der Waals surface area contributed by atoms with Gasteiger partial charge in [-0.3, -0.25) is 14.4 Å². The summed E-state index contributed by atoms with van der Waals surface area (Å²) in [7, 11) is 0. The number of hydrogen-bond acceptors (Lipinski definition) is 3. The topological polar surface area (TPSA) is 51.2 Å². The summed E-state index contributed by atoms with van der Waals surface area (Å²) in [5.74, 6) is -1.51. The molecule has 3 nitrogen and oxygen atoms in total. The molecule has 0 heterocycles. The Labute approximate surface area is 152 Å². The first-order chi connectivity index (χ1) is 12.6. The van der Waals surface area contributed by atoms with Gasteiger partial charge in [-0.15, -0.1) is 0 Å². The van der Waals surface area contributed by atoms with Crippen molar-refractivity contribution in [3.63, 3.8) is 0 Å². The van der Waals surface area contributed by atoms with E-state index in [0.29, 0.717) is 22.3 Å². The van der Waals surface area contributed by atoms with Gasteiger partial charge in [-0.2, -0.15) is 0 Å². The lowest BCUT2D eigenvalue weighted by Gasteiger charge is -2.16. The lowest BCUT2D eigenvalue weighted by Crippen LogP contribution is -2.22. The maximum Gasteiger partial charge on any atom is 0.178 e. The number of rotatable bonds is 6. The first-order valence-corrected chi connectivity index (χ1v) is 8.37. The summed E-state index contributed by atoms with van der Waals surface area (Å²) in [6.07, 6.45) is 0. The molecule has 0 bridgehead atoms. The second-order valence-electron chi connectivity index (χ2n) is 6.07. The van der Waals surface area contributed by atoms with Crippen molar-refractivity contribution in [1.29, 1.82) is 0 Å². The molecule has 0 N–H and O–H groups in total. The summed E-state index contributed by atoms with van der Waals surface area (Å²) in [6.45, 7) is 1.48. The first kappa shape index (κ1) is 17.5. The molecule has 0 unspecified atom stereocenters. The molecule has 0 aliphatic carbocycles. The van der Waals surface area contributed by atoms with Gasteiger partial charge in [-0.1, -0.05) is 84.9 Å². The molecule has 0 aliphatic heterocycles. The largest absolute Gasteiger partial charge is 0.295 e. The highest BCUT2D eigenvalue weighted by Gasteiger charge is 2.30. The molecule has 0 amide bonds. The minimum Gasteiger partial charge on any atom is -0.295 e. The average Bonchev–Trinajstić information content (AvgIpc) is 2.69. The lowest BCUT2D eigenvalue weighted by molar-refractivity contribution is 0.0860. The summed E-state index contributed by atoms with van der Waals surface area (Å²) in [5, 5.41) is 0. The molecule has 3 rings (SSSR count). The molecule has 0 radical (unpaired) electrons. The SMILES string of the molecule is CC(=O)c1ccc(C(C(=O)c2ccccc2)C(=O)c2ccccc2)cc1. The van der Waals surface area contributed by atoms with E-state index >= 15 is 0 Å². The van der Waals surface area contributed by atoms with Crippen LogP contribution in [0.1, 0.15) is 49.5 Å². The van der Waals surface area contributed by atoms with Crippen molar-refractivity contribution >= 4 is 17.3 Å². The van der Waals surface area contributed by atoms with E-state index < -0.39 is 5.92 Å². The molecular formula is C23H18O3. The van der Waals surface area contributed by atoms with E-state index in [1.54, 1.807) is 72.8 Å². The summed E-state index contributed by atoms with van der Waals surface area (Å²) in [5.41, 5.74) is 2.10. The monoisotopic (exact) mass is 342 g/mol. The summed E-state index contributed by atoms with van der Waals surface area (Å²) in [6, 6.07) is 24.2. The highest BCUT2D eigenvalue weighted by Crippen LogP contribution is 2.26. The number of hydrogen-bond donors (Lipinski definition) is 0. The van der Waals surface area contributed by atoms with Gasteiger partial charge in [0.2, 0.25) is 0 Å². The molecule has 0 saturated carbocycles. The second-order valence-corrected chi connectivity index (χ2v) is 6.07. The van der Waals surface area contributed by atoms with E-state index in [2.05, 4.69) is 0 Å². The van der Waals surface area contributed by atoms with Crippen LogP contribution in [0.3, 0.4) is 0 Å². The predicted octanol–water partition coefficient (Wildman–Crippen LogP) is 4.74. The minimum absolute atomic E-state index is 0.0585. The molecule has 0 spiro atoms. The van der Waals surface area contributed by atoms with Crippen molar-refractivity contribution in [2.45, 2.75) is 12.8 Å². The molecule has 3 aromatic rings. The van der Waals surface area contributed by atoms with Crippen LogP contribution in [0.25, 0.3) is 0 Å². The van der Waals surface area contributed by atoms with Crippen LogP contribution in [-0.2, 0) is 0 Å². The van der Waals surface area contributed by atoms with E-state index in [4.69, 9.17) is 0 Å². The number of Topliss-reactive ketones (excluding diaryl/α,β-unsaturated/α-hetero) is 3. The predicted molar refractivity (Wildman–Crippen MR) is 101 cm³/mol. The summed E-state index contributed by atoms with van der Waals surface area (Å²) in [4.78, 5) is 37.7. The van der Waals surface area contributed by atoms with Gasteiger partial charge < -0.3 is 0 Å². The quantitative estimate of drug-likeness (QED) is 0.480. The fraction of sp³-hybridized carbons (Fsp3) is 0.0870. The Bertz CT molecular complexity index is 875. The number of ketones is 3. The Morgan fingerprint density at radius 3 is 1.38 bits per heavy atom. The van der Waals surface area contributed by atoms with Gasteiger partial charge >= 0.3 is 0 Å². The molecule has 26 heavy (non-hydrogen) atoms. The van der Waals surface area contributed by atoms with Crippen LogP contribution in [0.4, 0.5) is 0 Å². The normalized spacial score (nSPS) is 10.5. The fourth-order valence-electron chi connectivity index (χ4n) is 2.87. The van der Waals surface area contributed by atoms with Gasteiger partial charge in [0.25, 0.3) is 0 Å². The van der Waals surface area contributed by atoms with E-state index in [0.717, 1.165) is 0 Å². The second kappa shape index (κ2) is 7.70. The van der Waals surface area contributed by atoms with E-state index in [-0.39, 0.29) is 17.3 Å². The Kier molecular flexibility index (Phi) is 5.18. The number of benzene rings is 3. The van der Waals surface area contributed by atoms with Gasteiger partial charge in [-0.25, -0.2) is 0 Å². The van der Waals surface area contributed by atoms with E-state index in [1.807, 2.05) is 12.1 Å². The number of carbonyl (C=O) groups excluding carboxylic acids is 3. The maximum atomic E-state index is 13.1. The van der Waals surface area contributed by atoms with Crippen molar-refractivity contribution in [2.75, 3.05) is 0 Å². The summed E-state index contributed by atoms with van der Waals surface area (Å²) < 4.78 is 0. The summed E-state index contributed by atoms with van der Waals surface area (Å²) >= 11 is 0. The van der Waals surface area contributed by atoms with Crippen LogP contribution in [0, 0.1) is 0 Å². The number of carbonyl (C=O) groups is 3. The zero-order valence-electron chi connectivity index (χ0n) is 14.4. The van der Waals surface area contributed by atoms with Crippen molar-refractivity contribution < 1.29 is 14.4 Å². The minimum atomic E-state index is -0.944. The van der Waals surface area contributed by atoms with Gasteiger partial charge in [0.05, 0.1) is 0 Å². The van der Waals surface area contributed by atoms with Crippen LogP contribution in [0.15, 0.2) is 84.9 Å². The smallest absolute Gasteiger partial charge is 0.178 e.